The average Bonchev–Trinajstić information content (AvgIpc) is 2.53. The lowest BCUT2D eigenvalue weighted by atomic mass is 10.1. The SMILES string of the molecule is CCN(Cc1ccccc1C#N)C(=O)c1ccc(N)cc1. The van der Waals surface area contributed by atoms with Crippen molar-refractivity contribution in [3.8, 4) is 6.07 Å². The number of nitrogens with zero attached hydrogens (tertiary/aromatic N) is 2. The summed E-state index contributed by atoms with van der Waals surface area (Å²) in [6, 6.07) is 16.3. The first-order valence-corrected chi connectivity index (χ1v) is 6.78. The second kappa shape index (κ2) is 6.58. The van der Waals surface area contributed by atoms with Crippen LogP contribution in [0.25, 0.3) is 0 Å². The molecule has 4 nitrogen and oxygen atoms in total. The average molecular weight is 279 g/mol. The van der Waals surface area contributed by atoms with E-state index in [1.165, 1.54) is 0 Å². The van der Waals surface area contributed by atoms with Crippen molar-refractivity contribution in [2.24, 2.45) is 0 Å². The standard InChI is InChI=1S/C17H17N3O/c1-2-20(12-15-6-4-3-5-14(15)11-18)17(21)13-7-9-16(19)10-8-13/h3-10H,2,12,19H2,1H3. The van der Waals surface area contributed by atoms with Gasteiger partial charge in [0.2, 0.25) is 0 Å². The van der Waals surface area contributed by atoms with E-state index in [0.717, 1.165) is 5.56 Å². The molecule has 2 rings (SSSR count). The molecule has 0 aromatic heterocycles. The summed E-state index contributed by atoms with van der Waals surface area (Å²) in [6.45, 7) is 2.91. The van der Waals surface area contributed by atoms with E-state index in [4.69, 9.17) is 11.0 Å². The molecule has 4 heteroatoms. The van der Waals surface area contributed by atoms with E-state index in [9.17, 15) is 4.79 Å². The van der Waals surface area contributed by atoms with Crippen LogP contribution in [0.5, 0.6) is 0 Å². The van der Waals surface area contributed by atoms with Gasteiger partial charge in [0.1, 0.15) is 0 Å². The fourth-order valence-corrected chi connectivity index (χ4v) is 2.11. The molecule has 0 bridgehead atoms. The first-order chi connectivity index (χ1) is 10.2. The molecule has 0 radical (unpaired) electrons. The van der Waals surface area contributed by atoms with E-state index < -0.39 is 0 Å². The molecule has 2 N–H and O–H groups in total. The molecule has 0 spiro atoms. The summed E-state index contributed by atoms with van der Waals surface area (Å²) in [5.74, 6) is -0.0646. The number of carbonyl (C=O) groups is 1. The van der Waals surface area contributed by atoms with Gasteiger partial charge in [-0.05, 0) is 42.8 Å². The predicted octanol–water partition coefficient (Wildman–Crippen LogP) is 2.80. The molecule has 0 heterocycles. The fourth-order valence-electron chi connectivity index (χ4n) is 2.11. The number of nitrogen functional groups attached to an aromatic ring is 1. The summed E-state index contributed by atoms with van der Waals surface area (Å²) in [6.07, 6.45) is 0. The maximum atomic E-state index is 12.5. The van der Waals surface area contributed by atoms with Gasteiger partial charge in [0.25, 0.3) is 5.91 Å². The van der Waals surface area contributed by atoms with Crippen molar-refractivity contribution < 1.29 is 4.79 Å². The van der Waals surface area contributed by atoms with Gasteiger partial charge in [-0.2, -0.15) is 5.26 Å². The largest absolute Gasteiger partial charge is 0.399 e. The number of rotatable bonds is 4. The minimum absolute atomic E-state index is 0.0646. The van der Waals surface area contributed by atoms with Crippen LogP contribution >= 0.6 is 0 Å². The molecule has 0 atom stereocenters. The van der Waals surface area contributed by atoms with Gasteiger partial charge in [-0.1, -0.05) is 18.2 Å². The third kappa shape index (κ3) is 3.40. The molecule has 0 aliphatic heterocycles. The van der Waals surface area contributed by atoms with Gasteiger partial charge in [0, 0.05) is 24.3 Å². The van der Waals surface area contributed by atoms with Crippen LogP contribution in [0.2, 0.25) is 0 Å². The Kier molecular flexibility index (Phi) is 4.57. The summed E-state index contributed by atoms with van der Waals surface area (Å²) in [5, 5.41) is 9.12. The highest BCUT2D eigenvalue weighted by Crippen LogP contribution is 2.14. The van der Waals surface area contributed by atoms with Crippen LogP contribution in [0.15, 0.2) is 48.5 Å². The van der Waals surface area contributed by atoms with Gasteiger partial charge in [0.05, 0.1) is 11.6 Å². The zero-order valence-electron chi connectivity index (χ0n) is 11.9. The molecule has 0 fully saturated rings. The number of anilines is 1. The summed E-state index contributed by atoms with van der Waals surface area (Å²) < 4.78 is 0. The summed E-state index contributed by atoms with van der Waals surface area (Å²) in [7, 11) is 0. The van der Waals surface area contributed by atoms with E-state index in [1.807, 2.05) is 25.1 Å². The van der Waals surface area contributed by atoms with Crippen LogP contribution in [0, 0.1) is 11.3 Å². The molecule has 0 aliphatic carbocycles. The third-order valence-electron chi connectivity index (χ3n) is 3.33. The first kappa shape index (κ1) is 14.6. The molecule has 106 valence electrons. The van der Waals surface area contributed by atoms with E-state index in [-0.39, 0.29) is 5.91 Å². The monoisotopic (exact) mass is 279 g/mol. The van der Waals surface area contributed by atoms with Crippen molar-refractivity contribution in [2.75, 3.05) is 12.3 Å². The van der Waals surface area contributed by atoms with E-state index in [1.54, 1.807) is 35.2 Å². The molecular weight excluding hydrogens is 262 g/mol. The Morgan fingerprint density at radius 2 is 1.86 bits per heavy atom. The minimum atomic E-state index is -0.0646. The minimum Gasteiger partial charge on any atom is -0.399 e. The van der Waals surface area contributed by atoms with Crippen LogP contribution in [0.4, 0.5) is 5.69 Å². The van der Waals surface area contributed by atoms with Gasteiger partial charge in [-0.25, -0.2) is 0 Å². The normalized spacial score (nSPS) is 9.90. The van der Waals surface area contributed by atoms with E-state index in [0.29, 0.717) is 29.9 Å². The zero-order chi connectivity index (χ0) is 15.2. The number of hydrogen-bond acceptors (Lipinski definition) is 3. The van der Waals surface area contributed by atoms with Crippen molar-refractivity contribution in [3.05, 3.63) is 65.2 Å². The number of hydrogen-bond donors (Lipinski definition) is 1. The van der Waals surface area contributed by atoms with Crippen molar-refractivity contribution in [1.29, 1.82) is 5.26 Å². The highest BCUT2D eigenvalue weighted by molar-refractivity contribution is 5.94. The first-order valence-electron chi connectivity index (χ1n) is 6.78. The summed E-state index contributed by atoms with van der Waals surface area (Å²) in [5.41, 5.74) is 8.31. The fraction of sp³-hybridized carbons (Fsp3) is 0.176. The molecule has 0 saturated carbocycles. The third-order valence-corrected chi connectivity index (χ3v) is 3.33. The molecular formula is C17H17N3O. The number of amides is 1. The Labute approximate surface area is 124 Å². The maximum absolute atomic E-state index is 12.5. The van der Waals surface area contributed by atoms with Crippen molar-refractivity contribution in [2.45, 2.75) is 13.5 Å². The molecule has 0 unspecified atom stereocenters. The summed E-state index contributed by atoms with van der Waals surface area (Å²) in [4.78, 5) is 14.2. The molecule has 0 aliphatic rings. The van der Waals surface area contributed by atoms with E-state index in [2.05, 4.69) is 6.07 Å². The van der Waals surface area contributed by atoms with Gasteiger partial charge in [0.15, 0.2) is 0 Å². The van der Waals surface area contributed by atoms with Crippen LogP contribution in [0.3, 0.4) is 0 Å². The smallest absolute Gasteiger partial charge is 0.254 e. The van der Waals surface area contributed by atoms with Gasteiger partial charge in [-0.3, -0.25) is 4.79 Å². The number of nitriles is 1. The van der Waals surface area contributed by atoms with Crippen LogP contribution in [-0.2, 0) is 6.54 Å². The number of nitrogens with two attached hydrogens (primary N) is 1. The molecule has 21 heavy (non-hydrogen) atoms. The second-order valence-electron chi connectivity index (χ2n) is 4.71. The summed E-state index contributed by atoms with van der Waals surface area (Å²) >= 11 is 0. The predicted molar refractivity (Wildman–Crippen MR) is 82.4 cm³/mol. The highest BCUT2D eigenvalue weighted by atomic mass is 16.2. The van der Waals surface area contributed by atoms with Gasteiger partial charge >= 0.3 is 0 Å². The Bertz CT molecular complexity index is 671. The van der Waals surface area contributed by atoms with Crippen molar-refractivity contribution in [3.63, 3.8) is 0 Å². The lowest BCUT2D eigenvalue weighted by molar-refractivity contribution is 0.0752. The topological polar surface area (TPSA) is 70.1 Å². The lowest BCUT2D eigenvalue weighted by Gasteiger charge is -2.21. The lowest BCUT2D eigenvalue weighted by Crippen LogP contribution is -2.30. The molecule has 1 amide bonds. The van der Waals surface area contributed by atoms with Gasteiger partial charge in [-0.15, -0.1) is 0 Å². The molecule has 0 saturated heterocycles. The Morgan fingerprint density at radius 3 is 2.48 bits per heavy atom. The Balaban J connectivity index is 2.22. The quantitative estimate of drug-likeness (QED) is 0.875. The van der Waals surface area contributed by atoms with Crippen molar-refractivity contribution >= 4 is 11.6 Å². The highest BCUT2D eigenvalue weighted by Gasteiger charge is 2.15. The molecule has 2 aromatic carbocycles. The molecule has 2 aromatic rings. The second-order valence-corrected chi connectivity index (χ2v) is 4.71. The van der Waals surface area contributed by atoms with Gasteiger partial charge < -0.3 is 10.6 Å². The Hall–Kier alpha value is -2.80. The number of carbonyl (C=O) groups excluding carboxylic acids is 1. The van der Waals surface area contributed by atoms with Crippen molar-refractivity contribution in [1.82, 2.24) is 4.90 Å². The zero-order valence-corrected chi connectivity index (χ0v) is 11.9. The van der Waals surface area contributed by atoms with Crippen LogP contribution in [-0.4, -0.2) is 17.4 Å². The van der Waals surface area contributed by atoms with Crippen LogP contribution < -0.4 is 5.73 Å². The van der Waals surface area contributed by atoms with Crippen LogP contribution in [0.1, 0.15) is 28.4 Å². The van der Waals surface area contributed by atoms with E-state index >= 15 is 0 Å². The Morgan fingerprint density at radius 1 is 1.19 bits per heavy atom. The number of benzene rings is 2. The maximum Gasteiger partial charge on any atom is 0.254 e.